The van der Waals surface area contributed by atoms with E-state index in [4.69, 9.17) is 0 Å². The minimum absolute atomic E-state index is 0.707. The predicted molar refractivity (Wildman–Crippen MR) is 66.3 cm³/mol. The van der Waals surface area contributed by atoms with Gasteiger partial charge >= 0.3 is 10.2 Å². The summed E-state index contributed by atoms with van der Waals surface area (Å²) >= 11 is 4.42. The number of thiocarbonyl (C=S) groups is 1. The van der Waals surface area contributed by atoms with Gasteiger partial charge in [0.1, 0.15) is 0 Å². The number of isothiocyanates is 1. The average Bonchev–Trinajstić information content (AvgIpc) is 2.31. The van der Waals surface area contributed by atoms with Crippen molar-refractivity contribution in [1.82, 2.24) is 0 Å². The van der Waals surface area contributed by atoms with Crippen molar-refractivity contribution in [2.75, 3.05) is 0 Å². The fourth-order valence-electron chi connectivity index (χ4n) is 0.670. The van der Waals surface area contributed by atoms with E-state index in [2.05, 4.69) is 31.2 Å². The molecule has 0 heterocycles. The number of carbonyl (C=O) groups excluding carboxylic acids is 2. The largest absolute Gasteiger partial charge is 0.383 e. The molecule has 0 saturated carbocycles. The number of hydrogen-bond donors (Lipinski definition) is 0. The molecule has 0 saturated heterocycles. The van der Waals surface area contributed by atoms with Gasteiger partial charge in [0.2, 0.25) is 0 Å². The first-order valence-electron chi connectivity index (χ1n) is 4.12. The molecule has 0 atom stereocenters. The number of rotatable bonds is 3. The van der Waals surface area contributed by atoms with E-state index < -0.39 is 10.2 Å². The highest BCUT2D eigenvalue weighted by atomic mass is 32.2. The van der Waals surface area contributed by atoms with Crippen molar-refractivity contribution < 1.29 is 18.0 Å². The monoisotopic (exact) mass is 283 g/mol. The van der Waals surface area contributed by atoms with E-state index in [-0.39, 0.29) is 0 Å². The van der Waals surface area contributed by atoms with Crippen LogP contribution in [-0.2, 0) is 19.8 Å². The fourth-order valence-corrected chi connectivity index (χ4v) is 1.00. The molecular formula is C9H5N3O4S2. The maximum Gasteiger partial charge on any atom is 0.383 e. The summed E-state index contributed by atoms with van der Waals surface area (Å²) in [5.74, 6) is 0. The Morgan fingerprint density at radius 2 is 1.50 bits per heavy atom. The Morgan fingerprint density at radius 3 is 1.89 bits per heavy atom. The van der Waals surface area contributed by atoms with Gasteiger partial charge in [0, 0.05) is 0 Å². The van der Waals surface area contributed by atoms with Gasteiger partial charge in [0.05, 0.1) is 10.8 Å². The molecule has 7 nitrogen and oxygen atoms in total. The molecule has 0 aromatic heterocycles. The van der Waals surface area contributed by atoms with Crippen molar-refractivity contribution >= 4 is 45.4 Å². The molecule has 0 fully saturated rings. The molecule has 0 aliphatic rings. The van der Waals surface area contributed by atoms with Crippen LogP contribution in [0.15, 0.2) is 44.1 Å². The maximum absolute atomic E-state index is 9.97. The average molecular weight is 283 g/mol. The second-order valence-corrected chi connectivity index (χ2v) is 3.80. The summed E-state index contributed by atoms with van der Waals surface area (Å²) in [5.41, 5.74) is 0.854. The molecular weight excluding hydrogens is 278 g/mol. The molecule has 9 heteroatoms. The highest BCUT2D eigenvalue weighted by Gasteiger charge is 2.00. The van der Waals surface area contributed by atoms with Crippen LogP contribution in [0.1, 0.15) is 0 Å². The first kappa shape index (κ1) is 15.7. The second kappa shape index (κ2) is 8.83. The molecule has 0 aliphatic carbocycles. The quantitative estimate of drug-likeness (QED) is 0.472. The number of benzene rings is 1. The zero-order valence-electron chi connectivity index (χ0n) is 8.68. The Balaban J connectivity index is 0.000000321. The van der Waals surface area contributed by atoms with Crippen molar-refractivity contribution in [3.63, 3.8) is 0 Å². The number of para-hydroxylation sites is 1. The number of nitrogens with zero attached hydrogens (tertiary/aromatic N) is 3. The van der Waals surface area contributed by atoms with Gasteiger partial charge < -0.3 is 0 Å². The molecule has 18 heavy (non-hydrogen) atoms. The summed E-state index contributed by atoms with van der Waals surface area (Å²) in [6.45, 7) is 0. The first-order chi connectivity index (χ1) is 8.55. The minimum Gasteiger partial charge on any atom is -0.210 e. The number of isocyanates is 2. The first-order valence-corrected chi connectivity index (χ1v) is 5.92. The maximum atomic E-state index is 9.97. The fraction of sp³-hybridized carbons (Fsp3) is 0. The van der Waals surface area contributed by atoms with Gasteiger partial charge in [-0.3, -0.25) is 0 Å². The third kappa shape index (κ3) is 7.95. The molecule has 0 radical (unpaired) electrons. The summed E-state index contributed by atoms with van der Waals surface area (Å²) in [4.78, 5) is 22.2. The zero-order valence-corrected chi connectivity index (χ0v) is 10.3. The summed E-state index contributed by atoms with van der Waals surface area (Å²) in [5, 5.41) is 2.29. The predicted octanol–water partition coefficient (Wildman–Crippen LogP) is 1.32. The highest BCUT2D eigenvalue weighted by Crippen LogP contribution is 2.07. The lowest BCUT2D eigenvalue weighted by Gasteiger charge is -1.83. The van der Waals surface area contributed by atoms with E-state index >= 15 is 0 Å². The normalized spacial score (nSPS) is 8.44. The van der Waals surface area contributed by atoms with E-state index in [1.165, 1.54) is 0 Å². The van der Waals surface area contributed by atoms with E-state index in [1.54, 1.807) is 0 Å². The Morgan fingerprint density at radius 1 is 1.00 bits per heavy atom. The molecule has 92 valence electrons. The van der Waals surface area contributed by atoms with Gasteiger partial charge in [-0.1, -0.05) is 27.0 Å². The van der Waals surface area contributed by atoms with Crippen LogP contribution in [-0.4, -0.2) is 25.7 Å². The van der Waals surface area contributed by atoms with E-state index in [9.17, 15) is 18.0 Å². The standard InChI is InChI=1S/C7H5NS.C2N2O4S/c9-6-8-7-4-2-1-3-5-7;5-1-3-9(7,8)4-2-6/h1-5H;. The van der Waals surface area contributed by atoms with E-state index in [0.717, 1.165) is 5.69 Å². The number of aliphatic imine (C=N–C) groups is 1. The van der Waals surface area contributed by atoms with Gasteiger partial charge in [-0.15, -0.1) is 0 Å². The Hall–Kier alpha value is -2.27. The smallest absolute Gasteiger partial charge is 0.210 e. The lowest BCUT2D eigenvalue weighted by Crippen LogP contribution is -1.86. The molecule has 1 aromatic rings. The molecule has 1 aromatic carbocycles. The third-order valence-electron chi connectivity index (χ3n) is 1.24. The van der Waals surface area contributed by atoms with Crippen LogP contribution >= 0.6 is 12.2 Å². The summed E-state index contributed by atoms with van der Waals surface area (Å²) < 4.78 is 24.3. The van der Waals surface area contributed by atoms with Crippen molar-refractivity contribution in [2.45, 2.75) is 0 Å². The second-order valence-electron chi connectivity index (χ2n) is 2.35. The van der Waals surface area contributed by atoms with Crippen molar-refractivity contribution in [2.24, 2.45) is 13.8 Å². The van der Waals surface area contributed by atoms with Crippen LogP contribution in [0.3, 0.4) is 0 Å². The van der Waals surface area contributed by atoms with Gasteiger partial charge in [-0.25, -0.2) is 9.59 Å². The van der Waals surface area contributed by atoms with Gasteiger partial charge in [0.25, 0.3) is 12.2 Å². The lowest BCUT2D eigenvalue weighted by atomic mass is 10.3. The van der Waals surface area contributed by atoms with Gasteiger partial charge in [-0.05, 0) is 24.4 Å². The molecule has 0 amide bonds. The molecule has 0 N–H and O–H groups in total. The Labute approximate surface area is 108 Å². The van der Waals surface area contributed by atoms with Crippen LogP contribution in [0.2, 0.25) is 0 Å². The Kier molecular flexibility index (Phi) is 7.72. The van der Waals surface area contributed by atoms with Gasteiger partial charge in [0.15, 0.2) is 0 Å². The summed E-state index contributed by atoms with van der Waals surface area (Å²) in [7, 11) is -4.28. The molecule has 1 rings (SSSR count). The minimum atomic E-state index is -4.28. The van der Waals surface area contributed by atoms with Crippen LogP contribution in [0.5, 0.6) is 0 Å². The zero-order chi connectivity index (χ0) is 13.9. The van der Waals surface area contributed by atoms with Crippen LogP contribution in [0, 0.1) is 0 Å². The SMILES string of the molecule is O=C=NS(=O)(=O)N=C=O.S=C=Nc1ccccc1. The summed E-state index contributed by atoms with van der Waals surface area (Å²) in [6.07, 6.45) is 1.41. The third-order valence-corrected chi connectivity index (χ3v) is 1.94. The van der Waals surface area contributed by atoms with E-state index in [0.29, 0.717) is 12.2 Å². The van der Waals surface area contributed by atoms with E-state index in [1.807, 2.05) is 30.3 Å². The molecule has 0 bridgehead atoms. The van der Waals surface area contributed by atoms with Crippen LogP contribution in [0.4, 0.5) is 5.69 Å². The van der Waals surface area contributed by atoms with Crippen molar-refractivity contribution in [3.8, 4) is 0 Å². The molecule has 0 aliphatic heterocycles. The molecule has 0 spiro atoms. The summed E-state index contributed by atoms with van der Waals surface area (Å²) in [6, 6.07) is 9.50. The topological polar surface area (TPSA) is 105 Å². The number of hydrogen-bond acceptors (Lipinski definition) is 6. The van der Waals surface area contributed by atoms with Crippen LogP contribution < -0.4 is 0 Å². The molecule has 0 unspecified atom stereocenters. The van der Waals surface area contributed by atoms with Crippen LogP contribution in [0.25, 0.3) is 0 Å². The van der Waals surface area contributed by atoms with Crippen molar-refractivity contribution in [3.05, 3.63) is 30.3 Å². The van der Waals surface area contributed by atoms with Crippen molar-refractivity contribution in [1.29, 1.82) is 0 Å². The lowest BCUT2D eigenvalue weighted by molar-refractivity contribution is 0.561. The highest BCUT2D eigenvalue weighted by molar-refractivity contribution is 7.89. The van der Waals surface area contributed by atoms with Gasteiger partial charge in [-0.2, -0.15) is 13.4 Å². The Bertz CT molecular complexity index is 599.